The van der Waals surface area contributed by atoms with Crippen molar-refractivity contribution in [2.24, 2.45) is 0 Å². The summed E-state index contributed by atoms with van der Waals surface area (Å²) < 4.78 is 5.40. The van der Waals surface area contributed by atoms with Gasteiger partial charge in [0.2, 0.25) is 0 Å². The summed E-state index contributed by atoms with van der Waals surface area (Å²) in [5.41, 5.74) is 5.42. The standard InChI is InChI=1S/C29H31N5O3/c1-4-21-8-10-22(11-9-21)19-30-27(35)23-12-14-24(15-13-23)28-32-26(33-37-28)16-17-34(3)29(36)31-25-7-5-6-20(2)18-25/h5-15,18H,4,16-17,19H2,1-3H3,(H,30,35)(H,31,36). The highest BCUT2D eigenvalue weighted by Crippen LogP contribution is 2.18. The van der Waals surface area contributed by atoms with Crippen LogP contribution in [0.1, 0.15) is 39.8 Å². The van der Waals surface area contributed by atoms with Crippen molar-refractivity contribution >= 4 is 17.6 Å². The SMILES string of the molecule is CCc1ccc(CNC(=O)c2ccc(-c3nc(CCN(C)C(=O)Nc4cccc(C)c4)no3)cc2)cc1. The van der Waals surface area contributed by atoms with E-state index in [1.54, 1.807) is 36.2 Å². The summed E-state index contributed by atoms with van der Waals surface area (Å²) in [5, 5.41) is 9.85. The lowest BCUT2D eigenvalue weighted by atomic mass is 10.1. The van der Waals surface area contributed by atoms with Crippen LogP contribution >= 0.6 is 0 Å². The van der Waals surface area contributed by atoms with Crippen LogP contribution in [-0.4, -0.2) is 40.6 Å². The lowest BCUT2D eigenvalue weighted by Gasteiger charge is -2.17. The number of hydrogen-bond acceptors (Lipinski definition) is 5. The van der Waals surface area contributed by atoms with Crippen LogP contribution in [0.5, 0.6) is 0 Å². The smallest absolute Gasteiger partial charge is 0.321 e. The van der Waals surface area contributed by atoms with Crippen LogP contribution in [0.4, 0.5) is 10.5 Å². The van der Waals surface area contributed by atoms with E-state index in [0.717, 1.165) is 28.8 Å². The lowest BCUT2D eigenvalue weighted by Crippen LogP contribution is -2.33. The fourth-order valence-electron chi connectivity index (χ4n) is 3.73. The second-order valence-electron chi connectivity index (χ2n) is 8.92. The molecule has 0 fully saturated rings. The molecule has 0 saturated heterocycles. The molecule has 8 nitrogen and oxygen atoms in total. The van der Waals surface area contributed by atoms with Crippen LogP contribution in [0.15, 0.2) is 77.3 Å². The van der Waals surface area contributed by atoms with E-state index in [1.807, 2.05) is 43.3 Å². The number of hydrogen-bond donors (Lipinski definition) is 2. The van der Waals surface area contributed by atoms with Gasteiger partial charge in [0.05, 0.1) is 0 Å². The molecule has 190 valence electrons. The number of carbonyl (C=O) groups excluding carboxylic acids is 2. The molecule has 0 aliphatic rings. The number of carbonyl (C=O) groups is 2. The molecule has 3 amide bonds. The van der Waals surface area contributed by atoms with Crippen LogP contribution in [-0.2, 0) is 19.4 Å². The Morgan fingerprint density at radius 2 is 1.70 bits per heavy atom. The van der Waals surface area contributed by atoms with Crippen LogP contribution in [0.25, 0.3) is 11.5 Å². The van der Waals surface area contributed by atoms with Gasteiger partial charge < -0.3 is 20.1 Å². The quantitative estimate of drug-likeness (QED) is 0.329. The summed E-state index contributed by atoms with van der Waals surface area (Å²) in [6.07, 6.45) is 1.43. The third-order valence-corrected chi connectivity index (χ3v) is 6.03. The van der Waals surface area contributed by atoms with Gasteiger partial charge in [0, 0.05) is 43.4 Å². The van der Waals surface area contributed by atoms with Gasteiger partial charge in [0.15, 0.2) is 5.82 Å². The minimum absolute atomic E-state index is 0.149. The lowest BCUT2D eigenvalue weighted by molar-refractivity contribution is 0.0951. The van der Waals surface area contributed by atoms with Crippen LogP contribution in [0, 0.1) is 6.92 Å². The molecule has 0 spiro atoms. The number of aromatic nitrogens is 2. The Morgan fingerprint density at radius 1 is 0.973 bits per heavy atom. The van der Waals surface area contributed by atoms with Gasteiger partial charge in [-0.05, 0) is 66.4 Å². The first kappa shape index (κ1) is 25.6. The summed E-state index contributed by atoms with van der Waals surface area (Å²) >= 11 is 0. The molecule has 4 aromatic rings. The third kappa shape index (κ3) is 7.04. The highest BCUT2D eigenvalue weighted by Gasteiger charge is 2.14. The number of nitrogens with zero attached hydrogens (tertiary/aromatic N) is 3. The predicted octanol–water partition coefficient (Wildman–Crippen LogP) is 5.24. The fourth-order valence-corrected chi connectivity index (χ4v) is 3.73. The molecule has 0 atom stereocenters. The van der Waals surface area contributed by atoms with E-state index in [1.165, 1.54) is 5.56 Å². The van der Waals surface area contributed by atoms with Crippen molar-refractivity contribution in [2.45, 2.75) is 33.2 Å². The molecule has 3 aromatic carbocycles. The van der Waals surface area contributed by atoms with Gasteiger partial charge in [0.25, 0.3) is 11.8 Å². The number of benzene rings is 3. The van der Waals surface area contributed by atoms with Gasteiger partial charge in [-0.15, -0.1) is 0 Å². The van der Waals surface area contributed by atoms with Crippen molar-refractivity contribution in [3.63, 3.8) is 0 Å². The molecule has 0 unspecified atom stereocenters. The first-order valence-electron chi connectivity index (χ1n) is 12.3. The predicted molar refractivity (Wildman–Crippen MR) is 143 cm³/mol. The van der Waals surface area contributed by atoms with E-state index in [9.17, 15) is 9.59 Å². The summed E-state index contributed by atoms with van der Waals surface area (Å²) in [6, 6.07) is 22.7. The van der Waals surface area contributed by atoms with Crippen molar-refractivity contribution in [3.8, 4) is 11.5 Å². The molecular formula is C29H31N5O3. The van der Waals surface area contributed by atoms with Crippen molar-refractivity contribution in [1.82, 2.24) is 20.4 Å². The first-order chi connectivity index (χ1) is 17.9. The van der Waals surface area contributed by atoms with Crippen molar-refractivity contribution in [2.75, 3.05) is 18.9 Å². The molecule has 4 rings (SSSR count). The Balaban J connectivity index is 1.27. The third-order valence-electron chi connectivity index (χ3n) is 6.03. The summed E-state index contributed by atoms with van der Waals surface area (Å²) in [4.78, 5) is 31.0. The Hall–Kier alpha value is -4.46. The molecular weight excluding hydrogens is 466 g/mol. The molecule has 0 aliphatic heterocycles. The average Bonchev–Trinajstić information content (AvgIpc) is 3.40. The monoisotopic (exact) mass is 497 g/mol. The number of likely N-dealkylation sites (N-methyl/N-ethyl adjacent to an activating group) is 1. The second kappa shape index (κ2) is 12.0. The van der Waals surface area contributed by atoms with Crippen LogP contribution in [0.2, 0.25) is 0 Å². The number of urea groups is 1. The van der Waals surface area contributed by atoms with Gasteiger partial charge in [-0.3, -0.25) is 4.79 Å². The number of anilines is 1. The van der Waals surface area contributed by atoms with Gasteiger partial charge >= 0.3 is 6.03 Å². The maximum absolute atomic E-state index is 12.5. The Kier molecular flexibility index (Phi) is 8.30. The van der Waals surface area contributed by atoms with Gasteiger partial charge in [-0.2, -0.15) is 4.98 Å². The molecule has 1 aromatic heterocycles. The van der Waals surface area contributed by atoms with Gasteiger partial charge in [-0.25, -0.2) is 4.79 Å². The summed E-state index contributed by atoms with van der Waals surface area (Å²) in [7, 11) is 1.72. The van der Waals surface area contributed by atoms with E-state index >= 15 is 0 Å². The second-order valence-corrected chi connectivity index (χ2v) is 8.92. The van der Waals surface area contributed by atoms with E-state index < -0.39 is 0 Å². The highest BCUT2D eigenvalue weighted by atomic mass is 16.5. The fraction of sp³-hybridized carbons (Fsp3) is 0.241. The first-order valence-corrected chi connectivity index (χ1v) is 12.3. The molecule has 0 bridgehead atoms. The molecule has 37 heavy (non-hydrogen) atoms. The molecule has 0 aliphatic carbocycles. The van der Waals surface area contributed by atoms with E-state index in [2.05, 4.69) is 39.8 Å². The van der Waals surface area contributed by atoms with Crippen molar-refractivity contribution in [1.29, 1.82) is 0 Å². The normalized spacial score (nSPS) is 10.7. The average molecular weight is 498 g/mol. The van der Waals surface area contributed by atoms with E-state index in [-0.39, 0.29) is 11.9 Å². The zero-order chi connectivity index (χ0) is 26.2. The van der Waals surface area contributed by atoms with Gasteiger partial charge in [-0.1, -0.05) is 48.5 Å². The maximum Gasteiger partial charge on any atom is 0.321 e. The molecule has 0 radical (unpaired) electrons. The molecule has 2 N–H and O–H groups in total. The minimum Gasteiger partial charge on any atom is -0.348 e. The summed E-state index contributed by atoms with van der Waals surface area (Å²) in [6.45, 7) is 4.98. The zero-order valence-corrected chi connectivity index (χ0v) is 21.3. The number of rotatable bonds is 9. The Labute approximate surface area is 216 Å². The minimum atomic E-state index is -0.207. The zero-order valence-electron chi connectivity index (χ0n) is 21.3. The van der Waals surface area contributed by atoms with Crippen LogP contribution in [0.3, 0.4) is 0 Å². The van der Waals surface area contributed by atoms with Crippen LogP contribution < -0.4 is 10.6 Å². The van der Waals surface area contributed by atoms with Crippen molar-refractivity contribution in [3.05, 3.63) is 101 Å². The molecule has 0 saturated carbocycles. The molecule has 1 heterocycles. The number of amides is 3. The Morgan fingerprint density at radius 3 is 2.41 bits per heavy atom. The van der Waals surface area contributed by atoms with Gasteiger partial charge in [0.1, 0.15) is 0 Å². The number of aryl methyl sites for hydroxylation is 2. The largest absolute Gasteiger partial charge is 0.348 e. The van der Waals surface area contributed by atoms with E-state index in [0.29, 0.717) is 36.8 Å². The topological polar surface area (TPSA) is 100 Å². The van der Waals surface area contributed by atoms with Crippen molar-refractivity contribution < 1.29 is 14.1 Å². The number of nitrogens with one attached hydrogen (secondary N) is 2. The highest BCUT2D eigenvalue weighted by molar-refractivity contribution is 5.94. The summed E-state index contributed by atoms with van der Waals surface area (Å²) in [5.74, 6) is 0.718. The van der Waals surface area contributed by atoms with E-state index in [4.69, 9.17) is 4.52 Å². The molecule has 8 heteroatoms. The Bertz CT molecular complexity index is 1350. The maximum atomic E-state index is 12.5.